The van der Waals surface area contributed by atoms with Gasteiger partial charge in [-0.15, -0.1) is 0 Å². The van der Waals surface area contributed by atoms with Gasteiger partial charge in [-0.2, -0.15) is 0 Å². The van der Waals surface area contributed by atoms with E-state index < -0.39 is 0 Å². The molecule has 0 unspecified atom stereocenters. The van der Waals surface area contributed by atoms with Gasteiger partial charge in [0.05, 0.1) is 23.9 Å². The van der Waals surface area contributed by atoms with E-state index in [-0.39, 0.29) is 5.82 Å². The van der Waals surface area contributed by atoms with Gasteiger partial charge in [0.15, 0.2) is 0 Å². The van der Waals surface area contributed by atoms with Crippen LogP contribution in [-0.2, 0) is 6.54 Å². The quantitative estimate of drug-likeness (QED) is 0.435. The Labute approximate surface area is 175 Å². The highest BCUT2D eigenvalue weighted by Gasteiger charge is 2.19. The zero-order valence-electron chi connectivity index (χ0n) is 17.1. The van der Waals surface area contributed by atoms with E-state index in [4.69, 9.17) is 4.98 Å². The second kappa shape index (κ2) is 7.41. The minimum Gasteiger partial charge on any atom is -0.324 e. The molecule has 0 amide bonds. The maximum absolute atomic E-state index is 13.3. The Kier molecular flexibility index (Phi) is 4.58. The van der Waals surface area contributed by atoms with Crippen molar-refractivity contribution in [3.63, 3.8) is 0 Å². The molecule has 4 aromatic rings. The van der Waals surface area contributed by atoms with E-state index in [0.717, 1.165) is 47.8 Å². The highest BCUT2D eigenvalue weighted by Crippen LogP contribution is 2.32. The van der Waals surface area contributed by atoms with Crippen molar-refractivity contribution in [3.8, 4) is 16.9 Å². The summed E-state index contributed by atoms with van der Waals surface area (Å²) in [5.41, 5.74) is 7.79. The Balaban J connectivity index is 1.49. The molecule has 5 rings (SSSR count). The summed E-state index contributed by atoms with van der Waals surface area (Å²) in [6.07, 6.45) is 10.1. The first-order chi connectivity index (χ1) is 14.6. The van der Waals surface area contributed by atoms with Crippen molar-refractivity contribution in [1.29, 1.82) is 0 Å². The van der Waals surface area contributed by atoms with Gasteiger partial charge in [0.2, 0.25) is 0 Å². The topological polar surface area (TPSA) is 35.6 Å². The summed E-state index contributed by atoms with van der Waals surface area (Å²) in [5, 5.41) is 0. The Morgan fingerprint density at radius 3 is 2.60 bits per heavy atom. The fourth-order valence-electron chi connectivity index (χ4n) is 4.20. The Hall–Kier alpha value is -3.47. The lowest BCUT2D eigenvalue weighted by atomic mass is 10.0. The van der Waals surface area contributed by atoms with Crippen molar-refractivity contribution in [1.82, 2.24) is 19.1 Å². The minimum atomic E-state index is -0.220. The summed E-state index contributed by atoms with van der Waals surface area (Å²) in [4.78, 5) is 9.04. The van der Waals surface area contributed by atoms with E-state index in [2.05, 4.69) is 45.3 Å². The predicted octanol–water partition coefficient (Wildman–Crippen LogP) is 5.83. The predicted molar refractivity (Wildman–Crippen MR) is 118 cm³/mol. The summed E-state index contributed by atoms with van der Waals surface area (Å²) >= 11 is 0. The van der Waals surface area contributed by atoms with Crippen molar-refractivity contribution in [2.75, 3.05) is 0 Å². The number of rotatable bonds is 3. The molecule has 0 atom stereocenters. The Morgan fingerprint density at radius 2 is 1.87 bits per heavy atom. The molecule has 0 fully saturated rings. The number of fused-ring (bicyclic) bond motifs is 1. The van der Waals surface area contributed by atoms with Crippen molar-refractivity contribution < 1.29 is 4.39 Å². The summed E-state index contributed by atoms with van der Waals surface area (Å²) < 4.78 is 17.6. The molecule has 3 heterocycles. The largest absolute Gasteiger partial charge is 0.324 e. The number of allylic oxidation sites excluding steroid dienone is 1. The second-order valence-electron chi connectivity index (χ2n) is 7.87. The van der Waals surface area contributed by atoms with Crippen molar-refractivity contribution in [3.05, 3.63) is 89.6 Å². The van der Waals surface area contributed by atoms with Gasteiger partial charge in [-0.3, -0.25) is 0 Å². The number of nitrogens with zero attached hydrogens (tertiary/aromatic N) is 4. The smallest absolute Gasteiger partial charge is 0.136 e. The normalized spacial score (nSPS) is 14.8. The first-order valence-electron chi connectivity index (χ1n) is 10.2. The van der Waals surface area contributed by atoms with Gasteiger partial charge >= 0.3 is 0 Å². The summed E-state index contributed by atoms with van der Waals surface area (Å²) in [7, 11) is 0. The summed E-state index contributed by atoms with van der Waals surface area (Å²) in [6, 6.07) is 13.1. The molecule has 1 aliphatic rings. The Bertz CT molecular complexity index is 1240. The Morgan fingerprint density at radius 1 is 1.03 bits per heavy atom. The molecule has 1 aliphatic heterocycles. The number of hydrogen-bond donors (Lipinski definition) is 0. The van der Waals surface area contributed by atoms with E-state index in [1.807, 2.05) is 37.8 Å². The molecule has 150 valence electrons. The number of aromatic nitrogens is 4. The van der Waals surface area contributed by atoms with Crippen LogP contribution in [0, 0.1) is 19.7 Å². The molecule has 0 spiro atoms. The van der Waals surface area contributed by atoms with Gasteiger partial charge < -0.3 is 9.13 Å². The highest BCUT2D eigenvalue weighted by molar-refractivity contribution is 5.81. The molecule has 0 saturated heterocycles. The zero-order valence-corrected chi connectivity index (χ0v) is 17.1. The van der Waals surface area contributed by atoms with E-state index in [1.165, 1.54) is 28.8 Å². The van der Waals surface area contributed by atoms with Crippen molar-refractivity contribution in [2.24, 2.45) is 0 Å². The second-order valence-corrected chi connectivity index (χ2v) is 7.87. The van der Waals surface area contributed by atoms with Crippen LogP contribution in [0.1, 0.15) is 35.5 Å². The molecule has 4 nitrogen and oxygen atoms in total. The molecule has 30 heavy (non-hydrogen) atoms. The van der Waals surface area contributed by atoms with Gasteiger partial charge in [-0.05, 0) is 91.4 Å². The SMILES string of the molecule is Cc1cn(-c2ccc(/C=C3\CCCn4c(-c5ccc(F)cc5)cnc43)cc2C)cn1. The molecule has 0 aliphatic carbocycles. The van der Waals surface area contributed by atoms with Gasteiger partial charge in [-0.25, -0.2) is 14.4 Å². The number of halogens is 1. The van der Waals surface area contributed by atoms with Crippen LogP contribution in [0.2, 0.25) is 0 Å². The molecule has 0 saturated carbocycles. The van der Waals surface area contributed by atoms with Crippen LogP contribution in [0.15, 0.2) is 61.2 Å². The van der Waals surface area contributed by atoms with Gasteiger partial charge in [-0.1, -0.05) is 6.07 Å². The molecular formula is C25H23FN4. The standard InChI is InChI=1S/C25H23FN4/c1-17-12-19(5-10-23(17)29-15-18(2)28-16-29)13-21-4-3-11-30-24(14-27-25(21)30)20-6-8-22(26)9-7-20/h5-10,12-16H,3-4,11H2,1-2H3/b21-13+. The van der Waals surface area contributed by atoms with Crippen LogP contribution in [0.5, 0.6) is 0 Å². The summed E-state index contributed by atoms with van der Waals surface area (Å²) in [6.45, 7) is 5.05. The van der Waals surface area contributed by atoms with Gasteiger partial charge in [0, 0.05) is 18.4 Å². The molecule has 2 aromatic heterocycles. The van der Waals surface area contributed by atoms with E-state index >= 15 is 0 Å². The van der Waals surface area contributed by atoms with Crippen LogP contribution in [0.4, 0.5) is 4.39 Å². The first kappa shape index (κ1) is 18.6. The molecule has 0 bridgehead atoms. The van der Waals surface area contributed by atoms with E-state index in [9.17, 15) is 4.39 Å². The van der Waals surface area contributed by atoms with Gasteiger partial charge in [0.1, 0.15) is 11.6 Å². The van der Waals surface area contributed by atoms with Crippen molar-refractivity contribution >= 4 is 11.6 Å². The molecule has 5 heteroatoms. The summed E-state index contributed by atoms with van der Waals surface area (Å²) in [5.74, 6) is 0.787. The van der Waals surface area contributed by atoms with Crippen LogP contribution in [-0.4, -0.2) is 19.1 Å². The number of aryl methyl sites for hydroxylation is 2. The minimum absolute atomic E-state index is 0.220. The maximum atomic E-state index is 13.3. The fraction of sp³-hybridized carbons (Fsp3) is 0.200. The first-order valence-corrected chi connectivity index (χ1v) is 10.2. The zero-order chi connectivity index (χ0) is 20.7. The van der Waals surface area contributed by atoms with Crippen LogP contribution in [0.25, 0.3) is 28.6 Å². The lowest BCUT2D eigenvalue weighted by molar-refractivity contribution is 0.617. The molecule has 0 N–H and O–H groups in total. The third kappa shape index (κ3) is 3.36. The average molecular weight is 398 g/mol. The monoisotopic (exact) mass is 398 g/mol. The lowest BCUT2D eigenvalue weighted by Crippen LogP contribution is -2.11. The fourth-order valence-corrected chi connectivity index (χ4v) is 4.20. The molecule has 2 aromatic carbocycles. The van der Waals surface area contributed by atoms with Crippen LogP contribution in [0.3, 0.4) is 0 Å². The highest BCUT2D eigenvalue weighted by atomic mass is 19.1. The van der Waals surface area contributed by atoms with Crippen LogP contribution < -0.4 is 0 Å². The third-order valence-corrected chi connectivity index (χ3v) is 5.66. The number of imidazole rings is 2. The average Bonchev–Trinajstić information content (AvgIpc) is 3.36. The van der Waals surface area contributed by atoms with Crippen molar-refractivity contribution in [2.45, 2.75) is 33.2 Å². The number of benzene rings is 2. The molecule has 0 radical (unpaired) electrons. The number of hydrogen-bond acceptors (Lipinski definition) is 2. The molecular weight excluding hydrogens is 375 g/mol. The van der Waals surface area contributed by atoms with E-state index in [1.54, 1.807) is 0 Å². The van der Waals surface area contributed by atoms with Crippen LogP contribution >= 0.6 is 0 Å². The maximum Gasteiger partial charge on any atom is 0.136 e. The third-order valence-electron chi connectivity index (χ3n) is 5.66. The lowest BCUT2D eigenvalue weighted by Gasteiger charge is -2.19. The van der Waals surface area contributed by atoms with E-state index in [0.29, 0.717) is 0 Å². The van der Waals surface area contributed by atoms with Gasteiger partial charge in [0.25, 0.3) is 0 Å².